The minimum absolute atomic E-state index is 0.153. The lowest BCUT2D eigenvalue weighted by atomic mass is 9.96. The summed E-state index contributed by atoms with van der Waals surface area (Å²) in [5.41, 5.74) is 0.425. The normalized spacial score (nSPS) is 11.9. The maximum absolute atomic E-state index is 12.2. The van der Waals surface area contributed by atoms with Crippen molar-refractivity contribution in [3.8, 4) is 0 Å². The molecule has 0 aliphatic carbocycles. The maximum Gasteiger partial charge on any atom is 0.345 e. The fourth-order valence-corrected chi connectivity index (χ4v) is 2.53. The van der Waals surface area contributed by atoms with Crippen molar-refractivity contribution in [2.24, 2.45) is 5.92 Å². The topological polar surface area (TPSA) is 43.4 Å². The van der Waals surface area contributed by atoms with Crippen LogP contribution in [0.5, 0.6) is 0 Å². The molecule has 122 valence electrons. The molecule has 0 saturated carbocycles. The van der Waals surface area contributed by atoms with Crippen LogP contribution in [-0.4, -0.2) is 11.9 Å². The Hall–Kier alpha value is -1.64. The minimum Gasteiger partial charge on any atom is -0.389 e. The summed E-state index contributed by atoms with van der Waals surface area (Å²) in [4.78, 5) is 24.1. The average Bonchev–Trinajstić information content (AvgIpc) is 2.54. The van der Waals surface area contributed by atoms with E-state index in [0.717, 1.165) is 32.1 Å². The third-order valence-electron chi connectivity index (χ3n) is 3.83. The highest BCUT2D eigenvalue weighted by Gasteiger charge is 2.22. The van der Waals surface area contributed by atoms with Crippen LogP contribution in [0.2, 0.25) is 0 Å². The molecule has 0 spiro atoms. The second kappa shape index (κ2) is 11.0. The monoisotopic (exact) mass is 304 g/mol. The number of ether oxygens (including phenoxy) is 1. The molecule has 0 fully saturated rings. The summed E-state index contributed by atoms with van der Waals surface area (Å²) in [6.07, 6.45) is 8.38. The van der Waals surface area contributed by atoms with Crippen molar-refractivity contribution in [1.82, 2.24) is 0 Å². The highest BCUT2D eigenvalue weighted by molar-refractivity contribution is 5.97. The largest absolute Gasteiger partial charge is 0.389 e. The van der Waals surface area contributed by atoms with Gasteiger partial charge in [-0.15, -0.1) is 0 Å². The van der Waals surface area contributed by atoms with Gasteiger partial charge >= 0.3 is 11.9 Å². The molecule has 0 aliphatic heterocycles. The molecule has 0 heterocycles. The number of unbranched alkanes of at least 4 members (excludes halogenated alkanes) is 4. The van der Waals surface area contributed by atoms with Gasteiger partial charge in [0, 0.05) is 0 Å². The zero-order chi connectivity index (χ0) is 16.2. The van der Waals surface area contributed by atoms with Gasteiger partial charge in [-0.3, -0.25) is 4.79 Å². The summed E-state index contributed by atoms with van der Waals surface area (Å²) >= 11 is 0. The number of hydrogen-bond donors (Lipinski definition) is 0. The smallest absolute Gasteiger partial charge is 0.345 e. The van der Waals surface area contributed by atoms with E-state index >= 15 is 0 Å². The molecule has 3 nitrogen and oxygen atoms in total. The summed E-state index contributed by atoms with van der Waals surface area (Å²) < 4.78 is 5.05. The maximum atomic E-state index is 12.2. The van der Waals surface area contributed by atoms with Crippen molar-refractivity contribution in [3.05, 3.63) is 35.9 Å². The zero-order valence-electron chi connectivity index (χ0n) is 13.8. The van der Waals surface area contributed by atoms with Crippen LogP contribution >= 0.6 is 0 Å². The van der Waals surface area contributed by atoms with E-state index in [9.17, 15) is 9.59 Å². The Morgan fingerprint density at radius 3 is 2.23 bits per heavy atom. The van der Waals surface area contributed by atoms with E-state index in [2.05, 4.69) is 13.8 Å². The minimum atomic E-state index is -0.544. The molecular formula is C19H28O3. The Balaban J connectivity index is 2.45. The lowest BCUT2D eigenvalue weighted by molar-refractivity contribution is -0.143. The van der Waals surface area contributed by atoms with Gasteiger partial charge in [0.05, 0.1) is 11.5 Å². The van der Waals surface area contributed by atoms with Crippen LogP contribution in [0.1, 0.15) is 75.6 Å². The molecule has 3 heteroatoms. The molecule has 1 unspecified atom stereocenters. The molecule has 0 aromatic heterocycles. The number of carbonyl (C=O) groups is 2. The summed E-state index contributed by atoms with van der Waals surface area (Å²) in [5.74, 6) is -1.07. The van der Waals surface area contributed by atoms with Gasteiger partial charge in [-0.05, 0) is 25.0 Å². The number of carbonyl (C=O) groups excluding carboxylic acids is 2. The summed E-state index contributed by atoms with van der Waals surface area (Å²) in [7, 11) is 0. The number of hydrogen-bond acceptors (Lipinski definition) is 3. The Kier molecular flexibility index (Phi) is 9.20. The van der Waals surface area contributed by atoms with Gasteiger partial charge < -0.3 is 4.74 Å². The third kappa shape index (κ3) is 6.88. The first-order valence-corrected chi connectivity index (χ1v) is 8.50. The predicted molar refractivity (Wildman–Crippen MR) is 88.6 cm³/mol. The van der Waals surface area contributed by atoms with Crippen molar-refractivity contribution < 1.29 is 14.3 Å². The third-order valence-corrected chi connectivity index (χ3v) is 3.83. The van der Waals surface area contributed by atoms with E-state index in [1.165, 1.54) is 19.3 Å². The van der Waals surface area contributed by atoms with Crippen molar-refractivity contribution in [2.45, 2.75) is 65.2 Å². The molecule has 1 rings (SSSR count). The molecule has 22 heavy (non-hydrogen) atoms. The fourth-order valence-electron chi connectivity index (χ4n) is 2.53. The van der Waals surface area contributed by atoms with Crippen molar-refractivity contribution in [1.29, 1.82) is 0 Å². The summed E-state index contributed by atoms with van der Waals surface area (Å²) in [6.45, 7) is 4.24. The Labute approximate surface area is 134 Å². The van der Waals surface area contributed by atoms with Gasteiger partial charge in [-0.1, -0.05) is 70.6 Å². The lowest BCUT2D eigenvalue weighted by Gasteiger charge is -2.14. The standard InChI is InChI=1S/C19H28O3/c1-3-5-6-7-9-13-16(12-4-2)18(20)22-19(21)17-14-10-8-11-15-17/h8,10-11,14-16H,3-7,9,12-13H2,1-2H3. The van der Waals surface area contributed by atoms with Crippen molar-refractivity contribution >= 4 is 11.9 Å². The summed E-state index contributed by atoms with van der Waals surface area (Å²) in [6, 6.07) is 8.68. The van der Waals surface area contributed by atoms with Crippen molar-refractivity contribution in [3.63, 3.8) is 0 Å². The van der Waals surface area contributed by atoms with Crippen LogP contribution in [0.25, 0.3) is 0 Å². The Bertz CT molecular complexity index is 439. The molecule has 0 N–H and O–H groups in total. The van der Waals surface area contributed by atoms with Crippen LogP contribution in [0.15, 0.2) is 30.3 Å². The van der Waals surface area contributed by atoms with Crippen LogP contribution in [-0.2, 0) is 9.53 Å². The number of rotatable bonds is 10. The Morgan fingerprint density at radius 2 is 1.59 bits per heavy atom. The van der Waals surface area contributed by atoms with E-state index in [-0.39, 0.29) is 11.9 Å². The van der Waals surface area contributed by atoms with E-state index in [1.807, 2.05) is 6.07 Å². The predicted octanol–water partition coefficient (Wildman–Crippen LogP) is 5.15. The van der Waals surface area contributed by atoms with E-state index in [4.69, 9.17) is 4.74 Å². The first-order valence-electron chi connectivity index (χ1n) is 8.50. The van der Waals surface area contributed by atoms with Gasteiger partial charge in [-0.2, -0.15) is 0 Å². The summed E-state index contributed by atoms with van der Waals surface area (Å²) in [5, 5.41) is 0. The fraction of sp³-hybridized carbons (Fsp3) is 0.579. The molecule has 0 saturated heterocycles. The van der Waals surface area contributed by atoms with E-state index in [0.29, 0.717) is 5.56 Å². The van der Waals surface area contributed by atoms with E-state index < -0.39 is 5.97 Å². The van der Waals surface area contributed by atoms with Crippen LogP contribution in [0.3, 0.4) is 0 Å². The van der Waals surface area contributed by atoms with Crippen LogP contribution in [0.4, 0.5) is 0 Å². The second-order valence-electron chi connectivity index (χ2n) is 5.76. The molecular weight excluding hydrogens is 276 g/mol. The highest BCUT2D eigenvalue weighted by atomic mass is 16.6. The van der Waals surface area contributed by atoms with Crippen molar-refractivity contribution in [2.75, 3.05) is 0 Å². The van der Waals surface area contributed by atoms with Gasteiger partial charge in [-0.25, -0.2) is 4.79 Å². The Morgan fingerprint density at radius 1 is 0.909 bits per heavy atom. The SMILES string of the molecule is CCCCCCCC(CCC)C(=O)OC(=O)c1ccccc1. The molecule has 0 aliphatic rings. The number of esters is 2. The first kappa shape index (κ1) is 18.4. The lowest BCUT2D eigenvalue weighted by Crippen LogP contribution is -2.21. The quantitative estimate of drug-likeness (QED) is 0.341. The molecule has 1 aromatic rings. The first-order chi connectivity index (χ1) is 10.7. The van der Waals surface area contributed by atoms with Gasteiger partial charge in [0.2, 0.25) is 0 Å². The highest BCUT2D eigenvalue weighted by Crippen LogP contribution is 2.19. The molecule has 0 radical (unpaired) electrons. The average molecular weight is 304 g/mol. The van der Waals surface area contributed by atoms with Crippen LogP contribution < -0.4 is 0 Å². The molecule has 1 atom stereocenters. The van der Waals surface area contributed by atoms with Gasteiger partial charge in [0.25, 0.3) is 0 Å². The zero-order valence-corrected chi connectivity index (χ0v) is 13.8. The van der Waals surface area contributed by atoms with Gasteiger partial charge in [0.15, 0.2) is 0 Å². The molecule has 0 amide bonds. The van der Waals surface area contributed by atoms with Gasteiger partial charge in [0.1, 0.15) is 0 Å². The second-order valence-corrected chi connectivity index (χ2v) is 5.76. The molecule has 1 aromatic carbocycles. The van der Waals surface area contributed by atoms with Crippen LogP contribution in [0, 0.1) is 5.92 Å². The van der Waals surface area contributed by atoms with E-state index in [1.54, 1.807) is 24.3 Å². The number of benzene rings is 1. The molecule has 0 bridgehead atoms.